The minimum absolute atomic E-state index is 0.249. The average molecular weight is 1080 g/mol. The molecule has 0 saturated carbocycles. The minimum atomic E-state index is -1.79. The summed E-state index contributed by atoms with van der Waals surface area (Å²) in [4.78, 5) is 13.3. The minimum Gasteiger partial charge on any atom is -0.394 e. The molecule has 0 bridgehead atoms. The van der Waals surface area contributed by atoms with Crippen molar-refractivity contribution in [3.63, 3.8) is 0 Å². The predicted octanol–water partition coefficient (Wildman–Crippen LogP) is 11.0. The fourth-order valence-electron chi connectivity index (χ4n) is 10.3. The summed E-state index contributed by atoms with van der Waals surface area (Å²) in [5.41, 5.74) is 0. The lowest BCUT2D eigenvalue weighted by atomic mass is 9.97. The van der Waals surface area contributed by atoms with Crippen LogP contribution >= 0.6 is 0 Å². The van der Waals surface area contributed by atoms with Crippen LogP contribution in [0.1, 0.15) is 258 Å². The van der Waals surface area contributed by atoms with E-state index in [1.165, 1.54) is 180 Å². The molecule has 2 saturated heterocycles. The van der Waals surface area contributed by atoms with E-state index in [2.05, 4.69) is 43.5 Å². The number of nitrogens with one attached hydrogen (secondary N) is 1. The third-order valence-electron chi connectivity index (χ3n) is 15.3. The van der Waals surface area contributed by atoms with Crippen molar-refractivity contribution in [3.05, 3.63) is 36.5 Å². The van der Waals surface area contributed by atoms with Crippen LogP contribution in [0.4, 0.5) is 0 Å². The molecule has 76 heavy (non-hydrogen) atoms. The molecule has 14 nitrogen and oxygen atoms in total. The lowest BCUT2D eigenvalue weighted by Gasteiger charge is -2.46. The van der Waals surface area contributed by atoms with Crippen molar-refractivity contribution >= 4 is 5.91 Å². The van der Waals surface area contributed by atoms with Crippen molar-refractivity contribution in [1.29, 1.82) is 0 Å². The van der Waals surface area contributed by atoms with Crippen molar-refractivity contribution in [2.24, 2.45) is 0 Å². The number of rotatable bonds is 50. The van der Waals surface area contributed by atoms with Gasteiger partial charge in [-0.25, -0.2) is 0 Å². The molecule has 2 aliphatic heterocycles. The van der Waals surface area contributed by atoms with Crippen molar-refractivity contribution in [3.8, 4) is 0 Å². The van der Waals surface area contributed by atoms with Gasteiger partial charge in [0, 0.05) is 6.42 Å². The molecular formula is C62H115NO13. The first-order chi connectivity index (χ1) is 37.1. The van der Waals surface area contributed by atoms with Gasteiger partial charge in [-0.2, -0.15) is 0 Å². The van der Waals surface area contributed by atoms with Crippen LogP contribution in [-0.2, 0) is 23.7 Å². The fraction of sp³-hybridized carbons (Fsp3) is 0.887. The molecule has 12 atom stereocenters. The number of hydrogen-bond acceptors (Lipinski definition) is 13. The van der Waals surface area contributed by atoms with Crippen LogP contribution < -0.4 is 5.32 Å². The van der Waals surface area contributed by atoms with E-state index in [0.717, 1.165) is 44.9 Å². The Labute approximate surface area is 461 Å². The summed E-state index contributed by atoms with van der Waals surface area (Å²) in [6.45, 7) is 2.80. The summed E-state index contributed by atoms with van der Waals surface area (Å²) in [5.74, 6) is -0.249. The van der Waals surface area contributed by atoms with Crippen LogP contribution in [0.5, 0.6) is 0 Å². The van der Waals surface area contributed by atoms with E-state index in [9.17, 15) is 45.6 Å². The summed E-state index contributed by atoms with van der Waals surface area (Å²) < 4.78 is 22.8. The molecule has 0 spiro atoms. The van der Waals surface area contributed by atoms with Crippen LogP contribution in [-0.4, -0.2) is 140 Å². The lowest BCUT2D eigenvalue weighted by molar-refractivity contribution is -0.359. The van der Waals surface area contributed by atoms with Gasteiger partial charge in [0.2, 0.25) is 5.91 Å². The molecule has 2 heterocycles. The molecular weight excluding hydrogens is 967 g/mol. The van der Waals surface area contributed by atoms with Gasteiger partial charge in [-0.15, -0.1) is 0 Å². The van der Waals surface area contributed by atoms with Gasteiger partial charge in [0.1, 0.15) is 48.8 Å². The van der Waals surface area contributed by atoms with E-state index >= 15 is 0 Å². The number of unbranched alkanes of at least 4 members (excludes halogenated alkanes) is 33. The summed E-state index contributed by atoms with van der Waals surface area (Å²) in [6.07, 6.45) is 41.9. The molecule has 14 heteroatoms. The smallest absolute Gasteiger partial charge is 0.220 e. The molecule has 0 aromatic heterocycles. The largest absolute Gasteiger partial charge is 0.394 e. The third kappa shape index (κ3) is 33.1. The second kappa shape index (κ2) is 48.0. The molecule has 0 aromatic carbocycles. The fourth-order valence-corrected chi connectivity index (χ4v) is 10.3. The number of carbonyl (C=O) groups is 1. The normalized spacial score (nSPS) is 25.1. The van der Waals surface area contributed by atoms with Gasteiger partial charge in [0.25, 0.3) is 0 Å². The summed E-state index contributed by atoms with van der Waals surface area (Å²) in [7, 11) is 0. The van der Waals surface area contributed by atoms with Gasteiger partial charge >= 0.3 is 0 Å². The van der Waals surface area contributed by atoms with Gasteiger partial charge in [-0.3, -0.25) is 4.79 Å². The Morgan fingerprint density at radius 2 is 0.842 bits per heavy atom. The monoisotopic (exact) mass is 1080 g/mol. The second-order valence-electron chi connectivity index (χ2n) is 22.2. The van der Waals surface area contributed by atoms with Crippen molar-refractivity contribution in [2.75, 3.05) is 19.8 Å². The predicted molar refractivity (Wildman–Crippen MR) is 305 cm³/mol. The van der Waals surface area contributed by atoms with E-state index in [-0.39, 0.29) is 18.9 Å². The molecule has 12 unspecified atom stereocenters. The maximum absolute atomic E-state index is 13.3. The quantitative estimate of drug-likeness (QED) is 0.0204. The molecule has 446 valence electrons. The van der Waals surface area contributed by atoms with Gasteiger partial charge in [0.05, 0.1) is 32.0 Å². The highest BCUT2D eigenvalue weighted by molar-refractivity contribution is 5.76. The Bertz CT molecular complexity index is 1410. The maximum atomic E-state index is 13.3. The number of allylic oxidation sites excluding steroid dienone is 5. The first-order valence-corrected chi connectivity index (χ1v) is 31.2. The highest BCUT2D eigenvalue weighted by atomic mass is 16.7. The van der Waals surface area contributed by atoms with Gasteiger partial charge in [0.15, 0.2) is 12.6 Å². The highest BCUT2D eigenvalue weighted by Crippen LogP contribution is 2.30. The molecule has 0 aromatic rings. The van der Waals surface area contributed by atoms with Gasteiger partial charge < -0.3 is 65.1 Å². The van der Waals surface area contributed by atoms with Gasteiger partial charge in [-0.1, -0.05) is 243 Å². The van der Waals surface area contributed by atoms with E-state index in [1.807, 2.05) is 6.08 Å². The Hall–Kier alpha value is -1.79. The molecule has 9 N–H and O–H groups in total. The average Bonchev–Trinajstić information content (AvgIpc) is 3.42. The van der Waals surface area contributed by atoms with Crippen LogP contribution in [0.2, 0.25) is 0 Å². The number of carbonyl (C=O) groups excluding carboxylic acids is 1. The van der Waals surface area contributed by atoms with Crippen molar-refractivity contribution in [2.45, 2.75) is 331 Å². The van der Waals surface area contributed by atoms with Crippen LogP contribution in [0, 0.1) is 0 Å². The Balaban J connectivity index is 1.77. The zero-order valence-corrected chi connectivity index (χ0v) is 48.0. The number of ether oxygens (including phenoxy) is 4. The van der Waals surface area contributed by atoms with Crippen LogP contribution in [0.15, 0.2) is 36.5 Å². The summed E-state index contributed by atoms with van der Waals surface area (Å²) in [6, 6.07) is -0.935. The third-order valence-corrected chi connectivity index (χ3v) is 15.3. The summed E-state index contributed by atoms with van der Waals surface area (Å²) in [5, 5.41) is 87.1. The number of aliphatic hydroxyl groups is 8. The molecule has 0 radical (unpaired) electrons. The Morgan fingerprint density at radius 3 is 1.29 bits per heavy atom. The molecule has 2 rings (SSSR count). The summed E-state index contributed by atoms with van der Waals surface area (Å²) >= 11 is 0. The first-order valence-electron chi connectivity index (χ1n) is 31.2. The van der Waals surface area contributed by atoms with Crippen molar-refractivity contribution < 1.29 is 64.6 Å². The maximum Gasteiger partial charge on any atom is 0.220 e. The van der Waals surface area contributed by atoms with E-state index in [4.69, 9.17) is 18.9 Å². The lowest BCUT2D eigenvalue weighted by Crippen LogP contribution is -2.65. The number of aliphatic hydroxyl groups excluding tert-OH is 8. The van der Waals surface area contributed by atoms with E-state index in [0.29, 0.717) is 12.8 Å². The molecule has 0 aliphatic carbocycles. The Kier molecular flexibility index (Phi) is 44.4. The van der Waals surface area contributed by atoms with E-state index < -0.39 is 86.8 Å². The zero-order valence-electron chi connectivity index (χ0n) is 48.0. The zero-order chi connectivity index (χ0) is 55.3. The standard InChI is InChI=1S/C62H115NO13/c1-3-5-7-9-11-13-15-17-19-21-23-25-27-29-31-33-35-37-39-41-43-45-51(66)50(49-73-61-59(72)57(70)60(53(48-65)75-61)76-62-58(71)56(69)55(68)52(47-64)74-62)63-54(67)46-44-42-40-38-36-34-32-30-28-26-24-22-20-18-16-14-12-10-8-6-4-2/h27,29,35,37,43,45,50-53,55-62,64-66,68-72H,3-26,28,30-34,36,38-42,44,46-49H2,1-2H3,(H,63,67)/b29-27+,37-35+,45-43+. The number of amides is 1. The second-order valence-corrected chi connectivity index (χ2v) is 22.2. The topological polar surface area (TPSA) is 228 Å². The molecule has 2 aliphatic rings. The van der Waals surface area contributed by atoms with Crippen LogP contribution in [0.3, 0.4) is 0 Å². The Morgan fingerprint density at radius 1 is 0.461 bits per heavy atom. The van der Waals surface area contributed by atoms with Crippen LogP contribution in [0.25, 0.3) is 0 Å². The first kappa shape index (κ1) is 70.3. The SMILES string of the molecule is CCCCCCCCCCCCC/C=C/CC/C=C/CC/C=C/C(O)C(COC1OC(CO)C(OC2OC(CO)C(O)C(O)C2O)C(O)C1O)NC(=O)CCCCCCCCCCCCCCCCCCCCCCC. The van der Waals surface area contributed by atoms with Gasteiger partial charge in [-0.05, 0) is 44.9 Å². The van der Waals surface area contributed by atoms with Crippen molar-refractivity contribution in [1.82, 2.24) is 5.32 Å². The molecule has 2 fully saturated rings. The molecule has 1 amide bonds. The number of hydrogen-bond donors (Lipinski definition) is 9. The highest BCUT2D eigenvalue weighted by Gasteiger charge is 2.51. The van der Waals surface area contributed by atoms with E-state index in [1.54, 1.807) is 6.08 Å².